The summed E-state index contributed by atoms with van der Waals surface area (Å²) in [5.74, 6) is 7.69. The molecule has 0 atom stereocenters. The van der Waals surface area contributed by atoms with Crippen LogP contribution in [0.1, 0.15) is 68.1 Å². The zero-order valence-corrected chi connectivity index (χ0v) is 17.7. The average Bonchev–Trinajstić information content (AvgIpc) is 3.59. The molecule has 2 saturated carbocycles. The third-order valence-corrected chi connectivity index (χ3v) is 6.30. The van der Waals surface area contributed by atoms with Crippen LogP contribution in [0.25, 0.3) is 0 Å². The van der Waals surface area contributed by atoms with E-state index in [0.717, 1.165) is 29.5 Å². The summed E-state index contributed by atoms with van der Waals surface area (Å²) >= 11 is 4.41. The second-order valence-corrected chi connectivity index (χ2v) is 8.57. The minimum Gasteiger partial charge on any atom is -0.204 e. The number of aliphatic imine (C=N–C) groups is 1. The Morgan fingerprint density at radius 2 is 1.40 bits per heavy atom. The number of hydrogen-bond acceptors (Lipinski definition) is 2. The molecule has 0 aliphatic heterocycles. The quantitative estimate of drug-likeness (QED) is 0.279. The minimum atomic E-state index is -0.795. The van der Waals surface area contributed by atoms with E-state index in [0.29, 0.717) is 0 Å². The van der Waals surface area contributed by atoms with E-state index >= 15 is 0 Å². The van der Waals surface area contributed by atoms with Gasteiger partial charge in [0.15, 0.2) is 11.6 Å². The molecule has 2 fully saturated rings. The van der Waals surface area contributed by atoms with Crippen LogP contribution in [0.4, 0.5) is 14.5 Å². The molecule has 2 aromatic carbocycles. The number of nitrogens with zero attached hydrogens (tertiary/aromatic N) is 1. The maximum atomic E-state index is 13.9. The standard InChI is InChI=1S/C26H24F2NS/c27-24-15-21(16-25(28)26(24)29-17-30)6-5-20-9-13-23(14-10-20)22-11-7-19(8-12-22)4-3-18-1-2-18/h9-10,13-16,18-19H,1-4,7-8,11-12H2. The second kappa shape index (κ2) is 9.65. The van der Waals surface area contributed by atoms with Crippen LogP contribution in [0, 0.1) is 41.2 Å². The molecule has 2 aromatic rings. The summed E-state index contributed by atoms with van der Waals surface area (Å²) in [5.41, 5.74) is 1.94. The first-order chi connectivity index (χ1) is 14.6. The van der Waals surface area contributed by atoms with Gasteiger partial charge in [0.05, 0.1) is 5.16 Å². The number of hydrogen-bond donors (Lipinski definition) is 0. The highest BCUT2D eigenvalue weighted by Gasteiger charge is 2.26. The van der Waals surface area contributed by atoms with Gasteiger partial charge in [-0.15, -0.1) is 0 Å². The maximum Gasteiger partial charge on any atom is 0.153 e. The molecule has 1 radical (unpaired) electrons. The van der Waals surface area contributed by atoms with Crippen LogP contribution >= 0.6 is 12.2 Å². The predicted molar refractivity (Wildman–Crippen MR) is 120 cm³/mol. The SMILES string of the molecule is Fc1cc(C#Cc2ccc([C]3CCC(CCC4CC4)CC3)cc2)cc(F)c1N=C=S. The Kier molecular flexibility index (Phi) is 6.72. The summed E-state index contributed by atoms with van der Waals surface area (Å²) in [6.07, 6.45) is 10.8. The van der Waals surface area contributed by atoms with E-state index in [2.05, 4.69) is 41.2 Å². The van der Waals surface area contributed by atoms with Gasteiger partial charge >= 0.3 is 0 Å². The van der Waals surface area contributed by atoms with Crippen molar-refractivity contribution in [2.45, 2.75) is 51.4 Å². The fourth-order valence-corrected chi connectivity index (χ4v) is 4.30. The fourth-order valence-electron chi connectivity index (χ4n) is 4.21. The van der Waals surface area contributed by atoms with E-state index in [1.807, 2.05) is 17.3 Å². The number of rotatable bonds is 5. The van der Waals surface area contributed by atoms with Crippen LogP contribution in [0.15, 0.2) is 41.4 Å². The van der Waals surface area contributed by atoms with Gasteiger partial charge in [-0.25, -0.2) is 8.78 Å². The van der Waals surface area contributed by atoms with Crippen LogP contribution in [-0.4, -0.2) is 5.16 Å². The van der Waals surface area contributed by atoms with Crippen molar-refractivity contribution in [3.05, 3.63) is 70.6 Å². The van der Waals surface area contributed by atoms with Crippen molar-refractivity contribution < 1.29 is 8.78 Å². The predicted octanol–water partition coefficient (Wildman–Crippen LogP) is 7.40. The second-order valence-electron chi connectivity index (χ2n) is 8.39. The lowest BCUT2D eigenvalue weighted by Gasteiger charge is -2.28. The van der Waals surface area contributed by atoms with Crippen molar-refractivity contribution in [3.63, 3.8) is 0 Å². The van der Waals surface area contributed by atoms with Gasteiger partial charge in [-0.3, -0.25) is 0 Å². The molecule has 30 heavy (non-hydrogen) atoms. The number of isothiocyanates is 1. The zero-order chi connectivity index (χ0) is 20.9. The topological polar surface area (TPSA) is 12.4 Å². The van der Waals surface area contributed by atoms with E-state index in [9.17, 15) is 8.78 Å². The van der Waals surface area contributed by atoms with Crippen molar-refractivity contribution in [1.29, 1.82) is 0 Å². The van der Waals surface area contributed by atoms with Crippen molar-refractivity contribution in [1.82, 2.24) is 0 Å². The van der Waals surface area contributed by atoms with E-state index in [1.165, 1.54) is 62.8 Å². The minimum absolute atomic E-state index is 0.260. The Labute approximate surface area is 182 Å². The van der Waals surface area contributed by atoms with Crippen molar-refractivity contribution >= 4 is 23.1 Å². The molecular weight excluding hydrogens is 396 g/mol. The van der Waals surface area contributed by atoms with Crippen molar-refractivity contribution in [2.24, 2.45) is 16.8 Å². The normalized spacial score (nSPS) is 17.1. The van der Waals surface area contributed by atoms with Crippen molar-refractivity contribution in [2.75, 3.05) is 0 Å². The molecule has 4 heteroatoms. The molecule has 2 aliphatic rings. The molecule has 1 nitrogen and oxygen atoms in total. The van der Waals surface area contributed by atoms with E-state index in [4.69, 9.17) is 0 Å². The highest BCUT2D eigenvalue weighted by atomic mass is 32.1. The third kappa shape index (κ3) is 5.42. The lowest BCUT2D eigenvalue weighted by atomic mass is 9.77. The summed E-state index contributed by atoms with van der Waals surface area (Å²) in [7, 11) is 0. The van der Waals surface area contributed by atoms with Crippen molar-refractivity contribution in [3.8, 4) is 11.8 Å². The summed E-state index contributed by atoms with van der Waals surface area (Å²) in [6.45, 7) is 0. The summed E-state index contributed by atoms with van der Waals surface area (Å²) in [5, 5.41) is 1.98. The Balaban J connectivity index is 1.36. The van der Waals surface area contributed by atoms with Crippen LogP contribution in [0.2, 0.25) is 0 Å². The molecule has 0 saturated heterocycles. The zero-order valence-electron chi connectivity index (χ0n) is 16.9. The van der Waals surface area contributed by atoms with Crippen LogP contribution in [-0.2, 0) is 0 Å². The highest BCUT2D eigenvalue weighted by Crippen LogP contribution is 2.40. The summed E-state index contributed by atoms with van der Waals surface area (Å²) in [6, 6.07) is 10.5. The first-order valence-electron chi connectivity index (χ1n) is 10.7. The van der Waals surface area contributed by atoms with Gasteiger partial charge in [-0.1, -0.05) is 49.7 Å². The number of thiocarbonyl (C=S) groups is 1. The van der Waals surface area contributed by atoms with Gasteiger partial charge in [0.2, 0.25) is 0 Å². The van der Waals surface area contributed by atoms with Gasteiger partial charge in [0.25, 0.3) is 0 Å². The highest BCUT2D eigenvalue weighted by molar-refractivity contribution is 7.78. The van der Waals surface area contributed by atoms with Gasteiger partial charge in [-0.05, 0) is 79.6 Å². The molecule has 0 N–H and O–H groups in total. The molecule has 0 aromatic heterocycles. The Morgan fingerprint density at radius 3 is 1.97 bits per heavy atom. The fraction of sp³-hybridized carbons (Fsp3) is 0.385. The van der Waals surface area contributed by atoms with Gasteiger partial charge < -0.3 is 0 Å². The molecule has 0 heterocycles. The molecule has 0 bridgehead atoms. The van der Waals surface area contributed by atoms with Crippen LogP contribution in [0.3, 0.4) is 0 Å². The largest absolute Gasteiger partial charge is 0.204 e. The molecule has 0 unspecified atom stereocenters. The number of benzene rings is 2. The monoisotopic (exact) mass is 420 g/mol. The average molecular weight is 421 g/mol. The molecule has 0 amide bonds. The lowest BCUT2D eigenvalue weighted by Crippen LogP contribution is -2.14. The molecule has 153 valence electrons. The van der Waals surface area contributed by atoms with Gasteiger partial charge in [0.1, 0.15) is 5.69 Å². The van der Waals surface area contributed by atoms with Crippen LogP contribution in [0.5, 0.6) is 0 Å². The Morgan fingerprint density at radius 1 is 0.833 bits per heavy atom. The maximum absolute atomic E-state index is 13.9. The van der Waals surface area contributed by atoms with Gasteiger partial charge in [-0.2, -0.15) is 4.99 Å². The summed E-state index contributed by atoms with van der Waals surface area (Å²) < 4.78 is 27.8. The Bertz CT molecular complexity index is 977. The number of halogens is 2. The molecule has 0 spiro atoms. The van der Waals surface area contributed by atoms with Gasteiger partial charge in [0, 0.05) is 17.0 Å². The van der Waals surface area contributed by atoms with Crippen LogP contribution < -0.4 is 0 Å². The van der Waals surface area contributed by atoms with E-state index in [1.54, 1.807) is 0 Å². The lowest BCUT2D eigenvalue weighted by molar-refractivity contribution is 0.349. The van der Waals surface area contributed by atoms with E-state index in [-0.39, 0.29) is 5.56 Å². The Hall–Kier alpha value is -2.34. The first-order valence-corrected chi connectivity index (χ1v) is 11.1. The third-order valence-electron chi connectivity index (χ3n) is 6.21. The van der Waals surface area contributed by atoms with E-state index < -0.39 is 17.3 Å². The first kappa shape index (κ1) is 20.9. The molecule has 4 rings (SSSR count). The smallest absolute Gasteiger partial charge is 0.153 e. The molecule has 2 aliphatic carbocycles. The summed E-state index contributed by atoms with van der Waals surface area (Å²) in [4.78, 5) is 3.41. The molecular formula is C26H24F2NS.